The molecule has 1 aromatic rings. The molecule has 0 heterocycles. The van der Waals surface area contributed by atoms with E-state index >= 15 is 0 Å². The molecule has 1 heteroatoms. The molecule has 0 nitrogen and oxygen atoms in total. The van der Waals surface area contributed by atoms with E-state index in [9.17, 15) is 0 Å². The summed E-state index contributed by atoms with van der Waals surface area (Å²) in [4.78, 5) is 0. The number of hydrogen-bond acceptors (Lipinski definition) is 0. The van der Waals surface area contributed by atoms with Gasteiger partial charge in [0.05, 0.1) is 0 Å². The smallest absolute Gasteiger partial charge is 1.00 e. The van der Waals surface area contributed by atoms with Crippen molar-refractivity contribution < 1.29 is 30.1 Å². The van der Waals surface area contributed by atoms with Gasteiger partial charge in [-0.25, -0.2) is 0 Å². The zero-order valence-corrected chi connectivity index (χ0v) is 13.9. The van der Waals surface area contributed by atoms with Gasteiger partial charge in [-0.05, 0) is 12.8 Å². The molecule has 90 valence electrons. The van der Waals surface area contributed by atoms with Gasteiger partial charge in [0.25, 0.3) is 0 Å². The van der Waals surface area contributed by atoms with Crippen molar-refractivity contribution in [2.75, 3.05) is 0 Å². The second-order valence-electron chi connectivity index (χ2n) is 4.39. The summed E-state index contributed by atoms with van der Waals surface area (Å²) < 4.78 is 0. The van der Waals surface area contributed by atoms with Gasteiger partial charge >= 0.3 is 25.8 Å². The maximum Gasteiger partial charge on any atom is 4.00 e. The molecule has 0 amide bonds. The molecular formula is C17H18Hf. The van der Waals surface area contributed by atoms with E-state index in [1.165, 1.54) is 22.6 Å². The minimum Gasteiger partial charge on any atom is -1.00 e. The molecule has 0 saturated carbocycles. The first-order chi connectivity index (χ1) is 8.45. The van der Waals surface area contributed by atoms with Crippen LogP contribution in [0.25, 0.3) is 0 Å². The molecule has 0 aliphatic heterocycles. The first-order valence-electron chi connectivity index (χ1n) is 6.09. The Kier molecular flexibility index (Phi) is 4.60. The molecule has 0 atom stereocenters. The van der Waals surface area contributed by atoms with E-state index in [-0.39, 0.29) is 30.1 Å². The summed E-state index contributed by atoms with van der Waals surface area (Å²) in [5, 5.41) is 0. The van der Waals surface area contributed by atoms with Crippen LogP contribution < -0.4 is 0 Å². The molecular weight excluding hydrogens is 383 g/mol. The van der Waals surface area contributed by atoms with Crippen molar-refractivity contribution in [3.8, 4) is 0 Å². The summed E-state index contributed by atoms with van der Waals surface area (Å²) in [6.45, 7) is 0. The molecule has 3 rings (SSSR count). The molecule has 0 aromatic heterocycles. The molecule has 0 fully saturated rings. The van der Waals surface area contributed by atoms with Gasteiger partial charge in [-0.3, -0.25) is 0 Å². The summed E-state index contributed by atoms with van der Waals surface area (Å²) in [5.74, 6) is 1.42. The molecule has 0 bridgehead atoms. The van der Waals surface area contributed by atoms with Gasteiger partial charge in [0.1, 0.15) is 0 Å². The van der Waals surface area contributed by atoms with Crippen LogP contribution in [0, 0.1) is 5.92 Å². The molecule has 2 aliphatic rings. The molecule has 18 heavy (non-hydrogen) atoms. The fourth-order valence-electron chi connectivity index (χ4n) is 2.45. The van der Waals surface area contributed by atoms with Gasteiger partial charge in [-0.1, -0.05) is 48.4 Å². The Morgan fingerprint density at radius 1 is 0.833 bits per heavy atom. The maximum absolute atomic E-state index is 2.24. The number of rotatable bonds is 3. The number of allylic oxidation sites excluding steroid dienone is 8. The standard InChI is InChI=1S/C17H15.Hf.3H/c1-2-8-14(9-3-1)17(15-10-4-5-11-15)16-12-6-7-13-16;;;;/h1-10,12H,11,13H2;;;;/q-1;+4;3*-1. The van der Waals surface area contributed by atoms with Gasteiger partial charge in [0.15, 0.2) is 0 Å². The molecule has 0 unspecified atom stereocenters. The minimum absolute atomic E-state index is 0. The Labute approximate surface area is 132 Å². The fraction of sp³-hybridized carbons (Fsp3) is 0.118. The molecule has 0 N–H and O–H groups in total. The van der Waals surface area contributed by atoms with Crippen molar-refractivity contribution in [3.63, 3.8) is 0 Å². The average molecular weight is 401 g/mol. The van der Waals surface area contributed by atoms with Crippen molar-refractivity contribution in [2.45, 2.75) is 12.8 Å². The predicted octanol–water partition coefficient (Wildman–Crippen LogP) is 4.72. The van der Waals surface area contributed by atoms with E-state index in [2.05, 4.69) is 66.8 Å². The zero-order chi connectivity index (χ0) is 11.5. The Morgan fingerprint density at radius 2 is 1.39 bits per heavy atom. The molecule has 0 saturated heterocycles. The van der Waals surface area contributed by atoms with E-state index in [4.69, 9.17) is 0 Å². The zero-order valence-electron chi connectivity index (χ0n) is 13.3. The van der Waals surface area contributed by atoms with Gasteiger partial charge in [-0.15, -0.1) is 41.0 Å². The van der Waals surface area contributed by atoms with Crippen LogP contribution in [0.1, 0.15) is 22.7 Å². The van der Waals surface area contributed by atoms with Crippen LogP contribution in [0.4, 0.5) is 0 Å². The number of hydrogen-bond donors (Lipinski definition) is 0. The normalized spacial score (nSPS) is 16.2. The molecule has 2 aliphatic carbocycles. The third-order valence-corrected chi connectivity index (χ3v) is 3.25. The van der Waals surface area contributed by atoms with Crippen LogP contribution in [-0.2, 0) is 25.8 Å². The Hall–Kier alpha value is -1.08. The predicted molar refractivity (Wildman–Crippen MR) is 75.8 cm³/mol. The third kappa shape index (κ3) is 2.67. The second-order valence-corrected chi connectivity index (χ2v) is 4.39. The SMILES string of the molecule is C1=CCC([C-](C2=CC=CC2)c2ccccc2)=C1.[H-].[H-].[H-].[Hf+4]. The fourth-order valence-corrected chi connectivity index (χ4v) is 2.45. The Bertz CT molecular complexity index is 500. The molecule has 1 aromatic carbocycles. The van der Waals surface area contributed by atoms with E-state index in [1.807, 2.05) is 0 Å². The minimum atomic E-state index is 0. The number of benzene rings is 1. The van der Waals surface area contributed by atoms with Crippen LogP contribution in [0.5, 0.6) is 0 Å². The largest absolute Gasteiger partial charge is 4.00 e. The van der Waals surface area contributed by atoms with Crippen molar-refractivity contribution in [3.05, 3.63) is 89.4 Å². The van der Waals surface area contributed by atoms with Gasteiger partial charge in [0.2, 0.25) is 0 Å². The quantitative estimate of drug-likeness (QED) is 0.509. The van der Waals surface area contributed by atoms with E-state index in [0.29, 0.717) is 0 Å². The summed E-state index contributed by atoms with van der Waals surface area (Å²) in [7, 11) is 0. The van der Waals surface area contributed by atoms with Crippen molar-refractivity contribution in [2.24, 2.45) is 0 Å². The first-order valence-corrected chi connectivity index (χ1v) is 6.09. The van der Waals surface area contributed by atoms with Crippen LogP contribution in [0.2, 0.25) is 0 Å². The summed E-state index contributed by atoms with van der Waals surface area (Å²) in [6, 6.07) is 10.7. The van der Waals surface area contributed by atoms with E-state index in [0.717, 1.165) is 12.8 Å². The van der Waals surface area contributed by atoms with Crippen LogP contribution in [0.15, 0.2) is 77.9 Å². The Morgan fingerprint density at radius 3 is 1.83 bits per heavy atom. The second kappa shape index (κ2) is 6.19. The summed E-state index contributed by atoms with van der Waals surface area (Å²) in [5.41, 5.74) is 4.20. The van der Waals surface area contributed by atoms with Crippen molar-refractivity contribution in [1.82, 2.24) is 0 Å². The maximum atomic E-state index is 2.24. The summed E-state index contributed by atoms with van der Waals surface area (Å²) in [6.07, 6.45) is 15.3. The van der Waals surface area contributed by atoms with Crippen LogP contribution >= 0.6 is 0 Å². The first kappa shape index (κ1) is 13.4. The molecule has 0 spiro atoms. The van der Waals surface area contributed by atoms with E-state index in [1.54, 1.807) is 0 Å². The monoisotopic (exact) mass is 402 g/mol. The van der Waals surface area contributed by atoms with Gasteiger partial charge in [-0.2, -0.15) is 0 Å². The summed E-state index contributed by atoms with van der Waals surface area (Å²) >= 11 is 0. The van der Waals surface area contributed by atoms with Crippen molar-refractivity contribution >= 4 is 0 Å². The average Bonchev–Trinajstić information content (AvgIpc) is 3.04. The van der Waals surface area contributed by atoms with Crippen molar-refractivity contribution in [1.29, 1.82) is 0 Å². The Balaban J connectivity index is 0. The molecule has 0 radical (unpaired) electrons. The third-order valence-electron chi connectivity index (χ3n) is 3.25. The van der Waals surface area contributed by atoms with Gasteiger partial charge in [0, 0.05) is 0 Å². The van der Waals surface area contributed by atoms with Gasteiger partial charge < -0.3 is 4.28 Å². The van der Waals surface area contributed by atoms with E-state index < -0.39 is 0 Å². The van der Waals surface area contributed by atoms with Crippen LogP contribution in [-0.4, -0.2) is 0 Å². The topological polar surface area (TPSA) is 0 Å². The van der Waals surface area contributed by atoms with Crippen LogP contribution in [0.3, 0.4) is 0 Å².